The molecule has 1 aromatic rings. The second-order valence-electron chi connectivity index (χ2n) is 4.61. The van der Waals surface area contributed by atoms with Crippen LogP contribution >= 0.6 is 0 Å². The molecular weight excluding hydrogens is 214 g/mol. The molecule has 0 spiro atoms. The molecule has 0 heterocycles. The van der Waals surface area contributed by atoms with Gasteiger partial charge in [0.1, 0.15) is 11.5 Å². The number of methoxy groups -OCH3 is 1. The number of hydrogen-bond acceptors (Lipinski definition) is 3. The fourth-order valence-electron chi connectivity index (χ4n) is 1.63. The van der Waals surface area contributed by atoms with Crippen LogP contribution in [0.4, 0.5) is 0 Å². The van der Waals surface area contributed by atoms with Crippen molar-refractivity contribution in [2.24, 2.45) is 5.92 Å². The fraction of sp³-hybridized carbons (Fsp3) is 0.500. The largest absolute Gasteiger partial charge is 0.496 e. The van der Waals surface area contributed by atoms with E-state index in [9.17, 15) is 4.79 Å². The van der Waals surface area contributed by atoms with Gasteiger partial charge in [0.05, 0.1) is 13.7 Å². The number of para-hydroxylation sites is 1. The number of likely N-dealkylation sites (N-methyl/N-ethyl adjacent to an activating group) is 1. The van der Waals surface area contributed by atoms with Gasteiger partial charge in [-0.05, 0) is 13.1 Å². The van der Waals surface area contributed by atoms with Crippen LogP contribution in [-0.2, 0) is 11.3 Å². The second kappa shape index (κ2) is 6.40. The SMILES string of the molecule is COc1ccccc1CN(C)CC(=O)C(C)C. The van der Waals surface area contributed by atoms with Crippen molar-refractivity contribution in [2.75, 3.05) is 20.7 Å². The van der Waals surface area contributed by atoms with Gasteiger partial charge < -0.3 is 4.74 Å². The quantitative estimate of drug-likeness (QED) is 0.758. The molecule has 0 aliphatic carbocycles. The zero-order valence-corrected chi connectivity index (χ0v) is 11.1. The van der Waals surface area contributed by atoms with Crippen LogP contribution in [-0.4, -0.2) is 31.4 Å². The Balaban J connectivity index is 2.61. The van der Waals surface area contributed by atoms with Gasteiger partial charge in [-0.15, -0.1) is 0 Å². The lowest BCUT2D eigenvalue weighted by Crippen LogP contribution is -2.28. The summed E-state index contributed by atoms with van der Waals surface area (Å²) in [5.74, 6) is 1.23. The topological polar surface area (TPSA) is 29.5 Å². The molecule has 0 saturated heterocycles. The Morgan fingerprint density at radius 1 is 1.35 bits per heavy atom. The number of nitrogens with zero attached hydrogens (tertiary/aromatic N) is 1. The van der Waals surface area contributed by atoms with Crippen molar-refractivity contribution in [3.05, 3.63) is 29.8 Å². The van der Waals surface area contributed by atoms with Gasteiger partial charge in [-0.1, -0.05) is 32.0 Å². The maximum Gasteiger partial charge on any atom is 0.149 e. The average molecular weight is 235 g/mol. The highest BCUT2D eigenvalue weighted by molar-refractivity contribution is 5.82. The number of ketones is 1. The van der Waals surface area contributed by atoms with Crippen molar-refractivity contribution in [1.82, 2.24) is 4.90 Å². The summed E-state index contributed by atoms with van der Waals surface area (Å²) >= 11 is 0. The molecule has 0 atom stereocenters. The predicted octanol–water partition coefficient (Wildman–Crippen LogP) is 2.35. The van der Waals surface area contributed by atoms with Gasteiger partial charge in [0.25, 0.3) is 0 Å². The molecule has 1 rings (SSSR count). The number of Topliss-reactive ketones (excluding diaryl/α,β-unsaturated/α-hetero) is 1. The normalized spacial score (nSPS) is 10.9. The maximum absolute atomic E-state index is 11.6. The highest BCUT2D eigenvalue weighted by atomic mass is 16.5. The summed E-state index contributed by atoms with van der Waals surface area (Å²) in [6.07, 6.45) is 0. The minimum atomic E-state index is 0.0927. The fourth-order valence-corrected chi connectivity index (χ4v) is 1.63. The Hall–Kier alpha value is -1.35. The molecule has 0 saturated carbocycles. The molecule has 0 bridgehead atoms. The van der Waals surface area contributed by atoms with Gasteiger partial charge in [-0.2, -0.15) is 0 Å². The van der Waals surface area contributed by atoms with Crippen molar-refractivity contribution in [2.45, 2.75) is 20.4 Å². The number of hydrogen-bond donors (Lipinski definition) is 0. The van der Waals surface area contributed by atoms with E-state index < -0.39 is 0 Å². The Morgan fingerprint density at radius 2 is 2.00 bits per heavy atom. The smallest absolute Gasteiger partial charge is 0.149 e. The molecule has 0 radical (unpaired) electrons. The first-order valence-corrected chi connectivity index (χ1v) is 5.87. The lowest BCUT2D eigenvalue weighted by atomic mass is 10.1. The lowest BCUT2D eigenvalue weighted by molar-refractivity contribution is -0.122. The van der Waals surface area contributed by atoms with Crippen LogP contribution in [0.5, 0.6) is 5.75 Å². The van der Waals surface area contributed by atoms with Crippen molar-refractivity contribution in [3.63, 3.8) is 0 Å². The minimum absolute atomic E-state index is 0.0927. The van der Waals surface area contributed by atoms with E-state index >= 15 is 0 Å². The molecule has 0 unspecified atom stereocenters. The predicted molar refractivity (Wildman–Crippen MR) is 69.2 cm³/mol. The van der Waals surface area contributed by atoms with Crippen LogP contribution in [0.15, 0.2) is 24.3 Å². The Labute approximate surface area is 103 Å². The Kier molecular flexibility index (Phi) is 5.16. The average Bonchev–Trinajstić information content (AvgIpc) is 2.29. The van der Waals surface area contributed by atoms with E-state index in [1.165, 1.54) is 0 Å². The standard InChI is InChI=1S/C14H21NO2/c1-11(2)13(16)10-15(3)9-12-7-5-6-8-14(12)17-4/h5-8,11H,9-10H2,1-4H3. The van der Waals surface area contributed by atoms with E-state index in [1.807, 2.05) is 50.1 Å². The zero-order chi connectivity index (χ0) is 12.8. The van der Waals surface area contributed by atoms with Gasteiger partial charge in [-0.25, -0.2) is 0 Å². The van der Waals surface area contributed by atoms with E-state index in [4.69, 9.17) is 4.74 Å². The molecule has 1 aromatic carbocycles. The Bertz CT molecular complexity index is 374. The third-order valence-electron chi connectivity index (χ3n) is 2.70. The van der Waals surface area contributed by atoms with Crippen LogP contribution < -0.4 is 4.74 Å². The van der Waals surface area contributed by atoms with Crippen molar-refractivity contribution < 1.29 is 9.53 Å². The number of rotatable bonds is 6. The number of carbonyl (C=O) groups is 1. The monoisotopic (exact) mass is 235 g/mol. The summed E-state index contributed by atoms with van der Waals surface area (Å²) in [5.41, 5.74) is 1.11. The Morgan fingerprint density at radius 3 is 2.59 bits per heavy atom. The third kappa shape index (κ3) is 4.19. The minimum Gasteiger partial charge on any atom is -0.496 e. The van der Waals surface area contributed by atoms with E-state index in [0.717, 1.165) is 17.9 Å². The van der Waals surface area contributed by atoms with Crippen molar-refractivity contribution >= 4 is 5.78 Å². The van der Waals surface area contributed by atoms with Crippen molar-refractivity contribution in [3.8, 4) is 5.75 Å². The first kappa shape index (κ1) is 13.7. The molecule has 94 valence electrons. The molecule has 0 aromatic heterocycles. The van der Waals surface area contributed by atoms with Crippen LogP contribution in [0.1, 0.15) is 19.4 Å². The summed E-state index contributed by atoms with van der Waals surface area (Å²) in [5, 5.41) is 0. The van der Waals surface area contributed by atoms with Gasteiger partial charge >= 0.3 is 0 Å². The number of ether oxygens (including phenoxy) is 1. The maximum atomic E-state index is 11.6. The summed E-state index contributed by atoms with van der Waals surface area (Å²) in [6, 6.07) is 7.89. The summed E-state index contributed by atoms with van der Waals surface area (Å²) < 4.78 is 5.29. The third-order valence-corrected chi connectivity index (χ3v) is 2.70. The van der Waals surface area contributed by atoms with Gasteiger partial charge in [0, 0.05) is 18.0 Å². The number of benzene rings is 1. The molecule has 3 nitrogen and oxygen atoms in total. The van der Waals surface area contributed by atoms with E-state index in [1.54, 1.807) is 7.11 Å². The molecule has 0 N–H and O–H groups in total. The van der Waals surface area contributed by atoms with Crippen LogP contribution in [0.2, 0.25) is 0 Å². The van der Waals surface area contributed by atoms with E-state index in [-0.39, 0.29) is 11.7 Å². The van der Waals surface area contributed by atoms with E-state index in [0.29, 0.717) is 6.54 Å². The summed E-state index contributed by atoms with van der Waals surface area (Å²) in [4.78, 5) is 13.6. The van der Waals surface area contributed by atoms with Crippen LogP contribution in [0.3, 0.4) is 0 Å². The molecule has 0 fully saturated rings. The lowest BCUT2D eigenvalue weighted by Gasteiger charge is -2.18. The highest BCUT2D eigenvalue weighted by Crippen LogP contribution is 2.18. The first-order valence-electron chi connectivity index (χ1n) is 5.87. The van der Waals surface area contributed by atoms with Crippen LogP contribution in [0.25, 0.3) is 0 Å². The molecular formula is C14H21NO2. The van der Waals surface area contributed by atoms with Gasteiger partial charge in [0.15, 0.2) is 0 Å². The first-order chi connectivity index (χ1) is 8.04. The zero-order valence-electron chi connectivity index (χ0n) is 11.1. The second-order valence-corrected chi connectivity index (χ2v) is 4.61. The molecule has 0 amide bonds. The van der Waals surface area contributed by atoms with Gasteiger partial charge in [0.2, 0.25) is 0 Å². The van der Waals surface area contributed by atoms with E-state index in [2.05, 4.69) is 0 Å². The highest BCUT2D eigenvalue weighted by Gasteiger charge is 2.12. The molecule has 0 aliphatic rings. The van der Waals surface area contributed by atoms with Gasteiger partial charge in [-0.3, -0.25) is 9.69 Å². The summed E-state index contributed by atoms with van der Waals surface area (Å²) in [6.45, 7) is 5.07. The summed E-state index contributed by atoms with van der Waals surface area (Å²) in [7, 11) is 3.62. The van der Waals surface area contributed by atoms with Crippen molar-refractivity contribution in [1.29, 1.82) is 0 Å². The molecule has 0 aliphatic heterocycles. The molecule has 3 heteroatoms. The van der Waals surface area contributed by atoms with Crippen LogP contribution in [0, 0.1) is 5.92 Å². The molecule has 17 heavy (non-hydrogen) atoms. The number of carbonyl (C=O) groups excluding carboxylic acids is 1.